The van der Waals surface area contributed by atoms with Gasteiger partial charge in [-0.05, 0) is 34.6 Å². The average molecular weight is 697 g/mol. The minimum absolute atomic E-state index is 0.525. The smallest absolute Gasteiger partial charge is 0.304 e. The molecule has 0 aromatic carbocycles. The second-order valence-corrected chi connectivity index (χ2v) is 10.6. The van der Waals surface area contributed by atoms with Crippen LogP contribution in [0.15, 0.2) is 0 Å². The fourth-order valence-electron chi connectivity index (χ4n) is 4.60. The van der Waals surface area contributed by atoms with Crippen molar-refractivity contribution in [3.63, 3.8) is 0 Å². The Morgan fingerprint density at radius 1 is 0.646 bits per heavy atom. The lowest BCUT2D eigenvalue weighted by atomic mass is 9.63. The van der Waals surface area contributed by atoms with Gasteiger partial charge in [-0.25, -0.2) is 0 Å². The molecule has 0 heterocycles. The topological polar surface area (TPSA) is 351 Å². The molecule has 0 bridgehead atoms. The van der Waals surface area contributed by atoms with Crippen molar-refractivity contribution in [1.29, 1.82) is 0 Å². The Bertz CT molecular complexity index is 1340. The maximum absolute atomic E-state index is 12.3. The monoisotopic (exact) mass is 696 g/mol. The first-order valence-corrected chi connectivity index (χ1v) is 13.5. The Morgan fingerprint density at radius 3 is 1.33 bits per heavy atom. The first kappa shape index (κ1) is 46.1. The lowest BCUT2D eigenvalue weighted by Gasteiger charge is -2.47. The molecule has 0 amide bonds. The number of esters is 2. The van der Waals surface area contributed by atoms with Gasteiger partial charge in [0.05, 0.1) is 6.61 Å². The van der Waals surface area contributed by atoms with Crippen molar-refractivity contribution >= 4 is 58.7 Å². The van der Waals surface area contributed by atoms with Crippen LogP contribution in [0, 0.1) is 0 Å². The summed E-state index contributed by atoms with van der Waals surface area (Å²) >= 11 is 0. The molecule has 0 saturated heterocycles. The Balaban J connectivity index is 0. The van der Waals surface area contributed by atoms with Gasteiger partial charge >= 0.3 is 11.9 Å². The number of hydrogen-bond acceptors (Lipinski definition) is 20. The van der Waals surface area contributed by atoms with E-state index in [-0.39, 0.29) is 0 Å². The van der Waals surface area contributed by atoms with E-state index in [1.54, 1.807) is 0 Å². The minimum atomic E-state index is -3.72. The van der Waals surface area contributed by atoms with E-state index in [2.05, 4.69) is 9.47 Å². The molecule has 0 radical (unpaired) electrons. The van der Waals surface area contributed by atoms with Crippen LogP contribution in [0.4, 0.5) is 0 Å². The molecule has 8 atom stereocenters. The number of aldehydes is 1. The first-order chi connectivity index (χ1) is 21.5. The van der Waals surface area contributed by atoms with Crippen LogP contribution >= 0.6 is 0 Å². The van der Waals surface area contributed by atoms with Gasteiger partial charge in [-0.15, -0.1) is 0 Å². The second-order valence-electron chi connectivity index (χ2n) is 10.6. The fraction of sp³-hybridized carbons (Fsp3) is 0.643. The Hall–Kier alpha value is -4.02. The van der Waals surface area contributed by atoms with E-state index >= 15 is 0 Å². The molecule has 0 aromatic rings. The number of hydrogen-bond donors (Lipinski definition) is 8. The summed E-state index contributed by atoms with van der Waals surface area (Å²) in [6.07, 6.45) is -7.76. The molecule has 8 N–H and O–H groups in total. The molecule has 0 aliphatic heterocycles. The van der Waals surface area contributed by atoms with Gasteiger partial charge in [-0.2, -0.15) is 0 Å². The van der Waals surface area contributed by atoms with E-state index in [0.717, 1.165) is 13.8 Å². The molecule has 48 heavy (non-hydrogen) atoms. The highest BCUT2D eigenvalue weighted by Gasteiger charge is 2.72. The highest BCUT2D eigenvalue weighted by Crippen LogP contribution is 2.38. The van der Waals surface area contributed by atoms with Gasteiger partial charge in [0.25, 0.3) is 11.4 Å². The Kier molecular flexibility index (Phi) is 16.2. The normalized spacial score (nSPS) is 19.2. The summed E-state index contributed by atoms with van der Waals surface area (Å²) in [5.41, 5.74) is -17.7. The van der Waals surface area contributed by atoms with Crippen LogP contribution in [0.3, 0.4) is 0 Å². The Labute approximate surface area is 272 Å². The Morgan fingerprint density at radius 2 is 1.08 bits per heavy atom. The van der Waals surface area contributed by atoms with Crippen molar-refractivity contribution in [2.45, 2.75) is 102 Å². The summed E-state index contributed by atoms with van der Waals surface area (Å²) < 4.78 is 8.99. The molecule has 20 nitrogen and oxygen atoms in total. The van der Waals surface area contributed by atoms with Crippen molar-refractivity contribution in [3.05, 3.63) is 0 Å². The molecular formula is C28H40O20. The summed E-state index contributed by atoms with van der Waals surface area (Å²) in [4.78, 5) is 117. The lowest BCUT2D eigenvalue weighted by molar-refractivity contribution is -0.244. The zero-order valence-corrected chi connectivity index (χ0v) is 27.2. The predicted octanol–water partition coefficient (Wildman–Crippen LogP) is -5.86. The number of carbonyl (C=O) groups excluding carboxylic acids is 10. The number of ether oxygens (including phenoxy) is 2. The third-order valence-electron chi connectivity index (χ3n) is 7.27. The molecule has 0 aliphatic carbocycles. The minimum Gasteiger partial charge on any atom is -0.463 e. The van der Waals surface area contributed by atoms with Crippen molar-refractivity contribution in [2.75, 3.05) is 13.2 Å². The molecule has 272 valence electrons. The molecular weight excluding hydrogens is 656 g/mol. The largest absolute Gasteiger partial charge is 0.463 e. The highest BCUT2D eigenvalue weighted by atomic mass is 16.6. The molecule has 0 spiro atoms. The maximum Gasteiger partial charge on any atom is 0.304 e. The predicted molar refractivity (Wildman–Crippen MR) is 151 cm³/mol. The average Bonchev–Trinajstić information content (AvgIpc) is 2.98. The standard InChI is InChI=1S/2C14H20O10/c1-7(16)12(21,6-15)14(23,9(3)18)13(22,8(2)17)11(20)5-24-10(4)19;1-6(16)11(21)14(8(3)18,24-9(4)19)13(23,7(2)17)12(22)10(20)5-15/h6,11,20-23H,5H2,1-4H3;10,12,15,20,22-23H,5H2,1-4H3. The summed E-state index contributed by atoms with van der Waals surface area (Å²) in [6.45, 7) is 3.28. The van der Waals surface area contributed by atoms with Crippen molar-refractivity contribution in [2.24, 2.45) is 0 Å². The van der Waals surface area contributed by atoms with Crippen molar-refractivity contribution in [1.82, 2.24) is 0 Å². The number of rotatable bonds is 18. The van der Waals surface area contributed by atoms with E-state index in [0.29, 0.717) is 41.5 Å². The molecule has 8 unspecified atom stereocenters. The molecule has 0 aliphatic rings. The molecule has 0 aromatic heterocycles. The maximum atomic E-state index is 12.3. The van der Waals surface area contributed by atoms with Crippen LogP contribution in [0.1, 0.15) is 55.4 Å². The summed E-state index contributed by atoms with van der Waals surface area (Å²) in [7, 11) is 0. The van der Waals surface area contributed by atoms with Gasteiger partial charge in [0, 0.05) is 20.8 Å². The SMILES string of the molecule is CC(=O)OC(C(C)=O)(C(=O)C(C)=O)C(O)(C(C)=O)C(O)C(O)CO.CC(=O)OCC(O)C(O)(C(C)=O)C(O)(C(C)=O)C(O)(C=O)C(C)=O. The molecule has 20 heteroatoms. The van der Waals surface area contributed by atoms with E-state index in [9.17, 15) is 83.7 Å². The van der Waals surface area contributed by atoms with Gasteiger partial charge in [-0.1, -0.05) is 0 Å². The van der Waals surface area contributed by atoms with Gasteiger partial charge in [0.15, 0.2) is 46.6 Å². The van der Waals surface area contributed by atoms with Crippen LogP contribution < -0.4 is 0 Å². The summed E-state index contributed by atoms with van der Waals surface area (Å²) in [5, 5.41) is 80.5. The van der Waals surface area contributed by atoms with Gasteiger partial charge in [0.2, 0.25) is 16.8 Å². The van der Waals surface area contributed by atoms with Crippen molar-refractivity contribution < 1.29 is 98.3 Å². The molecule has 0 saturated carbocycles. The van der Waals surface area contributed by atoms with Gasteiger partial charge in [-0.3, -0.25) is 47.9 Å². The van der Waals surface area contributed by atoms with Gasteiger partial charge in [0.1, 0.15) is 24.9 Å². The van der Waals surface area contributed by atoms with Gasteiger partial charge < -0.3 is 50.3 Å². The quantitative estimate of drug-likeness (QED) is 0.0286. The van der Waals surface area contributed by atoms with Crippen LogP contribution in [-0.4, -0.2) is 159 Å². The first-order valence-electron chi connectivity index (χ1n) is 13.5. The van der Waals surface area contributed by atoms with E-state index < -0.39 is 118 Å². The van der Waals surface area contributed by atoms with E-state index in [1.165, 1.54) is 0 Å². The summed E-state index contributed by atoms with van der Waals surface area (Å²) in [5.74, 6) is -12.7. The zero-order chi connectivity index (χ0) is 39.0. The van der Waals surface area contributed by atoms with Crippen LogP contribution in [-0.2, 0) is 57.4 Å². The van der Waals surface area contributed by atoms with Crippen LogP contribution in [0.2, 0.25) is 0 Å². The molecule has 0 fully saturated rings. The highest BCUT2D eigenvalue weighted by molar-refractivity contribution is 6.45. The number of aliphatic hydroxyl groups excluding tert-OH is 4. The van der Waals surface area contributed by atoms with Crippen molar-refractivity contribution in [3.8, 4) is 0 Å². The van der Waals surface area contributed by atoms with Crippen LogP contribution in [0.5, 0.6) is 0 Å². The third-order valence-corrected chi connectivity index (χ3v) is 7.27. The summed E-state index contributed by atoms with van der Waals surface area (Å²) in [6, 6.07) is 0. The third kappa shape index (κ3) is 7.98. The molecule has 0 rings (SSSR count). The fourth-order valence-corrected chi connectivity index (χ4v) is 4.60. The second kappa shape index (κ2) is 16.9. The number of Topliss-reactive ketones (excluding diaryl/α,β-unsaturated/α-hetero) is 7. The van der Waals surface area contributed by atoms with Crippen LogP contribution in [0.25, 0.3) is 0 Å². The lowest BCUT2D eigenvalue weighted by Crippen LogP contribution is -2.80. The number of ketones is 7. The van der Waals surface area contributed by atoms with E-state index in [1.807, 2.05) is 0 Å². The number of carbonyl (C=O) groups is 10. The zero-order valence-electron chi connectivity index (χ0n) is 27.2. The number of aliphatic hydroxyl groups is 8. The van der Waals surface area contributed by atoms with E-state index in [4.69, 9.17) is 5.11 Å².